The Hall–Kier alpha value is -1.89. The summed E-state index contributed by atoms with van der Waals surface area (Å²) in [5.41, 5.74) is 3.32. The van der Waals surface area contributed by atoms with Gasteiger partial charge in [0.25, 0.3) is 0 Å². The number of halogens is 1. The molecule has 28 heavy (non-hydrogen) atoms. The number of nitrogens with zero attached hydrogens (tertiary/aromatic N) is 1. The van der Waals surface area contributed by atoms with E-state index in [4.69, 9.17) is 11.6 Å². The molecule has 2 aliphatic rings. The third-order valence-corrected chi connectivity index (χ3v) is 6.48. The number of nitrogens with one attached hydrogen (secondary N) is 1. The highest BCUT2D eigenvalue weighted by Crippen LogP contribution is 2.51. The SMILES string of the molecule is CS(=O)(=O)NC1CCN(C(=O)C2CC2c2ccc(Cl)cc2-c2ccccc2)C1. The summed E-state index contributed by atoms with van der Waals surface area (Å²) in [6.07, 6.45) is 2.63. The molecule has 2 aromatic rings. The van der Waals surface area contributed by atoms with Crippen LogP contribution in [0.5, 0.6) is 0 Å². The maximum absolute atomic E-state index is 12.9. The van der Waals surface area contributed by atoms with Gasteiger partial charge in [-0.3, -0.25) is 4.79 Å². The normalized spacial score (nSPS) is 24.4. The van der Waals surface area contributed by atoms with Crippen molar-refractivity contribution in [2.75, 3.05) is 19.3 Å². The second kappa shape index (κ2) is 7.50. The molecule has 1 saturated heterocycles. The molecular weight excluding hydrogens is 396 g/mol. The predicted molar refractivity (Wildman–Crippen MR) is 111 cm³/mol. The van der Waals surface area contributed by atoms with Gasteiger partial charge in [0, 0.05) is 30.1 Å². The summed E-state index contributed by atoms with van der Waals surface area (Å²) < 4.78 is 25.4. The predicted octanol–water partition coefficient (Wildman–Crippen LogP) is 3.26. The molecule has 1 N–H and O–H groups in total. The van der Waals surface area contributed by atoms with E-state index in [1.165, 1.54) is 0 Å². The summed E-state index contributed by atoms with van der Waals surface area (Å²) in [5.74, 6) is 0.263. The van der Waals surface area contributed by atoms with Gasteiger partial charge in [0.1, 0.15) is 0 Å². The van der Waals surface area contributed by atoms with E-state index in [0.717, 1.165) is 29.4 Å². The van der Waals surface area contributed by atoms with Gasteiger partial charge in [-0.25, -0.2) is 13.1 Å². The Morgan fingerprint density at radius 3 is 2.64 bits per heavy atom. The fraction of sp³-hybridized carbons (Fsp3) is 0.381. The van der Waals surface area contributed by atoms with Crippen LogP contribution in [-0.4, -0.2) is 44.6 Å². The second-order valence-electron chi connectivity index (χ2n) is 7.71. The van der Waals surface area contributed by atoms with Gasteiger partial charge in [-0.15, -0.1) is 0 Å². The number of carbonyl (C=O) groups is 1. The van der Waals surface area contributed by atoms with E-state index in [1.54, 1.807) is 4.90 Å². The maximum Gasteiger partial charge on any atom is 0.226 e. The van der Waals surface area contributed by atoms with Gasteiger partial charge in [-0.2, -0.15) is 0 Å². The number of likely N-dealkylation sites (tertiary alicyclic amines) is 1. The monoisotopic (exact) mass is 418 g/mol. The van der Waals surface area contributed by atoms with Gasteiger partial charge in [-0.1, -0.05) is 48.0 Å². The highest BCUT2D eigenvalue weighted by molar-refractivity contribution is 7.88. The second-order valence-corrected chi connectivity index (χ2v) is 9.92. The summed E-state index contributed by atoms with van der Waals surface area (Å²) in [6.45, 7) is 1.04. The Labute approximate surface area is 170 Å². The van der Waals surface area contributed by atoms with Crippen molar-refractivity contribution < 1.29 is 13.2 Å². The Morgan fingerprint density at radius 2 is 1.93 bits per heavy atom. The summed E-state index contributed by atoms with van der Waals surface area (Å²) in [5, 5.41) is 0.681. The van der Waals surface area contributed by atoms with Gasteiger partial charge in [0.2, 0.25) is 15.9 Å². The molecule has 148 valence electrons. The Bertz CT molecular complexity index is 994. The lowest BCUT2D eigenvalue weighted by atomic mass is 9.96. The Morgan fingerprint density at radius 1 is 1.18 bits per heavy atom. The third kappa shape index (κ3) is 4.24. The Kier molecular flexibility index (Phi) is 5.21. The molecule has 1 saturated carbocycles. The molecule has 3 atom stereocenters. The van der Waals surface area contributed by atoms with Crippen molar-refractivity contribution in [2.45, 2.75) is 24.8 Å². The van der Waals surface area contributed by atoms with Gasteiger partial charge in [0.15, 0.2) is 0 Å². The standard InChI is InChI=1S/C21H23ClN2O3S/c1-28(26,27)23-16-9-10-24(13-16)21(25)20-12-19(20)17-8-7-15(22)11-18(17)14-5-3-2-4-6-14/h2-8,11,16,19-20,23H,9-10,12-13H2,1H3. The average Bonchev–Trinajstić information content (AvgIpc) is 3.32. The van der Waals surface area contributed by atoms with Crippen molar-refractivity contribution in [3.8, 4) is 11.1 Å². The minimum Gasteiger partial charge on any atom is -0.341 e. The van der Waals surface area contributed by atoms with Crippen molar-refractivity contribution in [3.63, 3.8) is 0 Å². The molecule has 0 radical (unpaired) electrons. The molecule has 1 amide bonds. The highest BCUT2D eigenvalue weighted by atomic mass is 35.5. The number of benzene rings is 2. The summed E-state index contributed by atoms with van der Waals surface area (Å²) in [4.78, 5) is 14.7. The molecule has 7 heteroatoms. The van der Waals surface area contributed by atoms with Crippen LogP contribution in [0.15, 0.2) is 48.5 Å². The first-order valence-corrected chi connectivity index (χ1v) is 11.7. The van der Waals surface area contributed by atoms with E-state index < -0.39 is 10.0 Å². The number of hydrogen-bond donors (Lipinski definition) is 1. The van der Waals surface area contributed by atoms with Crippen molar-refractivity contribution in [2.24, 2.45) is 5.92 Å². The number of hydrogen-bond acceptors (Lipinski definition) is 3. The van der Waals surface area contributed by atoms with Crippen molar-refractivity contribution in [1.82, 2.24) is 9.62 Å². The average molecular weight is 419 g/mol. The van der Waals surface area contributed by atoms with Crippen LogP contribution in [0.1, 0.15) is 24.3 Å². The minimum absolute atomic E-state index is 0.0411. The summed E-state index contributed by atoms with van der Waals surface area (Å²) in [6, 6.07) is 15.8. The molecular formula is C21H23ClN2O3S. The lowest BCUT2D eigenvalue weighted by Gasteiger charge is -2.17. The number of rotatable bonds is 5. The molecule has 3 unspecified atom stereocenters. The quantitative estimate of drug-likeness (QED) is 0.810. The van der Waals surface area contributed by atoms with Crippen LogP contribution in [-0.2, 0) is 14.8 Å². The van der Waals surface area contributed by atoms with E-state index >= 15 is 0 Å². The van der Waals surface area contributed by atoms with Gasteiger partial charge < -0.3 is 4.90 Å². The van der Waals surface area contributed by atoms with Crippen LogP contribution >= 0.6 is 11.6 Å². The van der Waals surface area contributed by atoms with E-state index in [1.807, 2.05) is 36.4 Å². The smallest absolute Gasteiger partial charge is 0.226 e. The van der Waals surface area contributed by atoms with Gasteiger partial charge in [-0.05, 0) is 47.6 Å². The highest BCUT2D eigenvalue weighted by Gasteiger charge is 2.47. The topological polar surface area (TPSA) is 66.5 Å². The fourth-order valence-corrected chi connectivity index (χ4v) is 5.10. The van der Waals surface area contributed by atoms with Crippen LogP contribution in [0.3, 0.4) is 0 Å². The zero-order chi connectivity index (χ0) is 19.9. The molecule has 0 spiro atoms. The maximum atomic E-state index is 12.9. The molecule has 0 bridgehead atoms. The first-order chi connectivity index (χ1) is 13.3. The summed E-state index contributed by atoms with van der Waals surface area (Å²) in [7, 11) is -3.26. The lowest BCUT2D eigenvalue weighted by Crippen LogP contribution is -2.38. The van der Waals surface area contributed by atoms with Crippen molar-refractivity contribution >= 4 is 27.5 Å². The van der Waals surface area contributed by atoms with Crippen molar-refractivity contribution in [3.05, 3.63) is 59.1 Å². The van der Waals surface area contributed by atoms with Crippen LogP contribution in [0.4, 0.5) is 0 Å². The number of amides is 1. The van der Waals surface area contributed by atoms with Gasteiger partial charge in [0.05, 0.1) is 6.26 Å². The third-order valence-electron chi connectivity index (χ3n) is 5.49. The van der Waals surface area contributed by atoms with Crippen LogP contribution < -0.4 is 4.72 Å². The molecule has 0 aromatic heterocycles. The number of sulfonamides is 1. The lowest BCUT2D eigenvalue weighted by molar-refractivity contribution is -0.131. The Balaban J connectivity index is 1.48. The number of carbonyl (C=O) groups excluding carboxylic acids is 1. The molecule has 2 fully saturated rings. The molecule has 5 nitrogen and oxygen atoms in total. The van der Waals surface area contributed by atoms with Crippen LogP contribution in [0, 0.1) is 5.92 Å². The van der Waals surface area contributed by atoms with E-state index in [-0.39, 0.29) is 23.8 Å². The molecule has 1 heterocycles. The largest absolute Gasteiger partial charge is 0.341 e. The zero-order valence-electron chi connectivity index (χ0n) is 15.6. The molecule has 2 aromatic carbocycles. The molecule has 4 rings (SSSR count). The zero-order valence-corrected chi connectivity index (χ0v) is 17.2. The molecule has 1 aliphatic heterocycles. The minimum atomic E-state index is -3.26. The summed E-state index contributed by atoms with van der Waals surface area (Å²) >= 11 is 6.23. The first kappa shape index (κ1) is 19.4. The van der Waals surface area contributed by atoms with Crippen LogP contribution in [0.25, 0.3) is 11.1 Å². The van der Waals surface area contributed by atoms with Crippen LogP contribution in [0.2, 0.25) is 5.02 Å². The van der Waals surface area contributed by atoms with Crippen molar-refractivity contribution in [1.29, 1.82) is 0 Å². The van der Waals surface area contributed by atoms with E-state index in [0.29, 0.717) is 24.5 Å². The van der Waals surface area contributed by atoms with Gasteiger partial charge >= 0.3 is 0 Å². The van der Waals surface area contributed by atoms with E-state index in [9.17, 15) is 13.2 Å². The fourth-order valence-electron chi connectivity index (χ4n) is 4.13. The molecule has 1 aliphatic carbocycles. The van der Waals surface area contributed by atoms with E-state index in [2.05, 4.69) is 16.9 Å². The first-order valence-electron chi connectivity index (χ1n) is 9.43.